The molecule has 0 amide bonds. The molecule has 5 unspecified atom stereocenters. The van der Waals surface area contributed by atoms with Crippen LogP contribution in [-0.4, -0.2) is 158 Å². The van der Waals surface area contributed by atoms with Crippen molar-refractivity contribution in [2.75, 3.05) is 40.1 Å². The van der Waals surface area contributed by atoms with Crippen molar-refractivity contribution >= 4 is 41.9 Å². The lowest BCUT2D eigenvalue weighted by atomic mass is 10.1. The fourth-order valence-corrected chi connectivity index (χ4v) is 2.75. The highest BCUT2D eigenvalue weighted by atomic mass is 17.2. The molecular weight excluding hydrogens is 668 g/mol. The summed E-state index contributed by atoms with van der Waals surface area (Å²) >= 11 is 0. The van der Waals surface area contributed by atoms with Crippen LogP contribution in [0.3, 0.4) is 0 Å². The van der Waals surface area contributed by atoms with E-state index in [4.69, 9.17) is 28.8 Å². The van der Waals surface area contributed by atoms with Gasteiger partial charge in [0.1, 0.15) is 0 Å². The number of rotatable bonds is 17. The molecule has 5 atom stereocenters. The summed E-state index contributed by atoms with van der Waals surface area (Å²) < 4.78 is 24.8. The summed E-state index contributed by atoms with van der Waals surface area (Å²) in [5.74, 6) is -16.6. The molecule has 1 aromatic rings. The molecule has 0 aliphatic carbocycles. The van der Waals surface area contributed by atoms with Gasteiger partial charge in [-0.1, -0.05) is 0 Å². The van der Waals surface area contributed by atoms with E-state index in [1.165, 1.54) is 0 Å². The van der Waals surface area contributed by atoms with Gasteiger partial charge in [-0.25, -0.2) is 38.5 Å². The van der Waals surface area contributed by atoms with E-state index in [9.17, 15) is 74.7 Å². The normalized spacial score (nSPS) is 14.1. The first-order chi connectivity index (χ1) is 22.6. The zero-order chi connectivity index (χ0) is 36.7. The fourth-order valence-electron chi connectivity index (χ4n) is 2.75. The summed E-state index contributed by atoms with van der Waals surface area (Å²) in [6, 6.07) is 0. The molecule has 1 rings (SSSR count). The minimum atomic E-state index is -2.36. The lowest BCUT2D eigenvalue weighted by Gasteiger charge is -2.23. The molecule has 0 fully saturated rings. The number of ether oxygens (including phenoxy) is 5. The maximum atomic E-state index is 12.6. The molecule has 0 spiro atoms. The second kappa shape index (κ2) is 19.8. The number of aliphatic hydroxyl groups is 10. The predicted molar refractivity (Wildman–Crippen MR) is 142 cm³/mol. The number of esters is 4. The number of methoxy groups -OCH3 is 1. The SMILES string of the molecule is COc1c(OC(=O)C(O)CO)c(OC(=O)C(O)CO)c(C=CC(=O)OOC(=O)C(O)CO)c(OC(=O)C(O)CO)c1OC(=O)C(O)CO. The van der Waals surface area contributed by atoms with Crippen LogP contribution in [0.25, 0.3) is 6.08 Å². The smallest absolute Gasteiger partial charge is 0.386 e. The van der Waals surface area contributed by atoms with Crippen molar-refractivity contribution < 1.29 is 113 Å². The Hall–Kier alpha value is -4.82. The average Bonchev–Trinajstić information content (AvgIpc) is 3.09. The average molecular weight is 698 g/mol. The van der Waals surface area contributed by atoms with Gasteiger partial charge in [-0.05, 0) is 6.08 Å². The summed E-state index contributed by atoms with van der Waals surface area (Å²) in [6.45, 7) is -6.30. The molecule has 23 heteroatoms. The maximum Gasteiger partial charge on any atom is 0.386 e. The van der Waals surface area contributed by atoms with Gasteiger partial charge in [0.2, 0.25) is 17.2 Å². The molecule has 0 aliphatic heterocycles. The highest BCUT2D eigenvalue weighted by molar-refractivity contribution is 5.94. The maximum absolute atomic E-state index is 12.6. The van der Waals surface area contributed by atoms with E-state index < -0.39 is 134 Å². The van der Waals surface area contributed by atoms with Crippen LogP contribution in [0.2, 0.25) is 0 Å². The zero-order valence-corrected chi connectivity index (χ0v) is 24.4. The first-order valence-electron chi connectivity index (χ1n) is 12.8. The number of benzene rings is 1. The van der Waals surface area contributed by atoms with Gasteiger partial charge in [-0.3, -0.25) is 0 Å². The largest absolute Gasteiger partial charge is 0.490 e. The summed E-state index contributed by atoms with van der Waals surface area (Å²) in [4.78, 5) is 82.0. The third-order valence-electron chi connectivity index (χ3n) is 5.15. The molecule has 0 saturated heterocycles. The Morgan fingerprint density at radius 1 is 0.500 bits per heavy atom. The van der Waals surface area contributed by atoms with E-state index >= 15 is 0 Å². The number of carbonyl (C=O) groups is 6. The first-order valence-corrected chi connectivity index (χ1v) is 12.8. The molecular formula is C25H30O23. The van der Waals surface area contributed by atoms with E-state index in [1.807, 2.05) is 0 Å². The third-order valence-corrected chi connectivity index (χ3v) is 5.15. The first kappa shape index (κ1) is 41.2. The van der Waals surface area contributed by atoms with Crippen LogP contribution in [0, 0.1) is 0 Å². The summed E-state index contributed by atoms with van der Waals surface area (Å²) in [6.07, 6.45) is -10.9. The Kier molecular flexibility index (Phi) is 17.0. The van der Waals surface area contributed by atoms with Gasteiger partial charge in [0.25, 0.3) is 0 Å². The van der Waals surface area contributed by atoms with Crippen LogP contribution in [0.5, 0.6) is 28.7 Å². The minimum absolute atomic E-state index is 0.252. The van der Waals surface area contributed by atoms with Crippen LogP contribution in [0.1, 0.15) is 5.56 Å². The van der Waals surface area contributed by atoms with Crippen LogP contribution < -0.4 is 23.7 Å². The van der Waals surface area contributed by atoms with Crippen LogP contribution >= 0.6 is 0 Å². The van der Waals surface area contributed by atoms with Crippen molar-refractivity contribution in [2.24, 2.45) is 0 Å². The number of hydrogen-bond donors (Lipinski definition) is 10. The molecule has 0 saturated carbocycles. The van der Waals surface area contributed by atoms with Gasteiger partial charge in [0.15, 0.2) is 42.0 Å². The Morgan fingerprint density at radius 2 is 0.812 bits per heavy atom. The molecule has 268 valence electrons. The van der Waals surface area contributed by atoms with E-state index in [0.717, 1.165) is 7.11 Å². The van der Waals surface area contributed by atoms with Crippen LogP contribution in [0.15, 0.2) is 6.08 Å². The molecule has 10 N–H and O–H groups in total. The Bertz CT molecular complexity index is 1280. The molecule has 48 heavy (non-hydrogen) atoms. The monoisotopic (exact) mass is 698 g/mol. The standard InChI is InChI=1S/C25H30O23/c1-42-18-19(45-23(39)12(33)6-28)16(43-21(37)10(31)4-26)9(2-3-15(36)47-48-25(41)14(35)8-30)17(44-22(38)11(32)5-27)20(18)46-24(40)13(34)7-29/h2-3,10-14,26-35H,4-8H2,1H3. The third kappa shape index (κ3) is 11.2. The Morgan fingerprint density at radius 3 is 1.12 bits per heavy atom. The number of aliphatic hydroxyl groups excluding tert-OH is 10. The van der Waals surface area contributed by atoms with Crippen molar-refractivity contribution in [1.82, 2.24) is 0 Å². The van der Waals surface area contributed by atoms with E-state index in [1.54, 1.807) is 0 Å². The van der Waals surface area contributed by atoms with Crippen molar-refractivity contribution in [3.8, 4) is 28.7 Å². The second-order valence-corrected chi connectivity index (χ2v) is 8.58. The van der Waals surface area contributed by atoms with Gasteiger partial charge in [0, 0.05) is 6.08 Å². The highest BCUT2D eigenvalue weighted by Crippen LogP contribution is 2.55. The number of carbonyl (C=O) groups excluding carboxylic acids is 6. The lowest BCUT2D eigenvalue weighted by Crippen LogP contribution is -2.32. The summed E-state index contributed by atoms with van der Waals surface area (Å²) in [5.41, 5.74) is -1.07. The predicted octanol–water partition coefficient (Wildman–Crippen LogP) is -6.90. The van der Waals surface area contributed by atoms with Gasteiger partial charge in [-0.2, -0.15) is 0 Å². The van der Waals surface area contributed by atoms with Crippen molar-refractivity contribution in [3.05, 3.63) is 11.6 Å². The topological polar surface area (TPSA) is 369 Å². The quantitative estimate of drug-likeness (QED) is 0.0237. The van der Waals surface area contributed by atoms with Crippen molar-refractivity contribution in [2.45, 2.75) is 30.5 Å². The molecule has 0 bridgehead atoms. The number of hydrogen-bond acceptors (Lipinski definition) is 23. The second-order valence-electron chi connectivity index (χ2n) is 8.58. The van der Waals surface area contributed by atoms with Crippen LogP contribution in [0.4, 0.5) is 0 Å². The van der Waals surface area contributed by atoms with Gasteiger partial charge in [0.05, 0.1) is 45.7 Å². The molecule has 0 heterocycles. The van der Waals surface area contributed by atoms with Crippen LogP contribution in [-0.2, 0) is 38.5 Å². The summed E-state index contributed by atoms with van der Waals surface area (Å²) in [5, 5.41) is 93.9. The minimum Gasteiger partial charge on any atom is -0.490 e. The van der Waals surface area contributed by atoms with Crippen molar-refractivity contribution in [1.29, 1.82) is 0 Å². The molecule has 0 aliphatic rings. The Balaban J connectivity index is 4.29. The highest BCUT2D eigenvalue weighted by Gasteiger charge is 2.37. The molecule has 0 radical (unpaired) electrons. The van der Waals surface area contributed by atoms with Gasteiger partial charge < -0.3 is 74.7 Å². The lowest BCUT2D eigenvalue weighted by molar-refractivity contribution is -0.261. The fraction of sp³-hybridized carbons (Fsp3) is 0.440. The van der Waals surface area contributed by atoms with Gasteiger partial charge in [-0.15, -0.1) is 0 Å². The van der Waals surface area contributed by atoms with E-state index in [2.05, 4.69) is 9.78 Å². The van der Waals surface area contributed by atoms with Crippen molar-refractivity contribution in [3.63, 3.8) is 0 Å². The zero-order valence-electron chi connectivity index (χ0n) is 24.4. The molecule has 1 aromatic carbocycles. The van der Waals surface area contributed by atoms with Gasteiger partial charge >= 0.3 is 35.8 Å². The van der Waals surface area contributed by atoms with E-state index in [0.29, 0.717) is 6.08 Å². The van der Waals surface area contributed by atoms with E-state index in [-0.39, 0.29) is 6.08 Å². The molecule has 23 nitrogen and oxygen atoms in total. The Labute approximate surface area is 266 Å². The summed E-state index contributed by atoms with van der Waals surface area (Å²) in [7, 11) is 0.749. The molecule has 0 aromatic heterocycles.